The average Bonchev–Trinajstić information content (AvgIpc) is 3.23. The molecule has 1 aromatic heterocycles. The molecular formula is C19H27F2N3O3. The molecule has 150 valence electrons. The maximum atomic E-state index is 14.5. The van der Waals surface area contributed by atoms with E-state index in [0.717, 1.165) is 32.2 Å². The molecular weight excluding hydrogens is 356 g/mol. The minimum atomic E-state index is -0.591. The zero-order chi connectivity index (χ0) is 19.2. The predicted octanol–water partition coefficient (Wildman–Crippen LogP) is 2.50. The smallest absolute Gasteiger partial charge is 0.254 e. The van der Waals surface area contributed by atoms with Crippen LogP contribution in [0.15, 0.2) is 6.07 Å². The highest BCUT2D eigenvalue weighted by atomic mass is 19.1. The summed E-state index contributed by atoms with van der Waals surface area (Å²) in [6.07, 6.45) is 4.44. The van der Waals surface area contributed by atoms with Gasteiger partial charge in [-0.15, -0.1) is 0 Å². The van der Waals surface area contributed by atoms with E-state index in [1.54, 1.807) is 0 Å². The second kappa shape index (κ2) is 9.30. The maximum Gasteiger partial charge on any atom is 0.254 e. The van der Waals surface area contributed by atoms with Crippen LogP contribution in [0.1, 0.15) is 44.1 Å². The standard InChI is InChI=1S/C19H27F2N3O3/c1-26-18-13(11-23-17(25)16-3-2-8-22-16)9-15(21)19(24-18)27-14-6-4-12(10-20)5-7-14/h9,12,14,16,22H,2-8,10-11H2,1H3,(H,23,25). The predicted molar refractivity (Wildman–Crippen MR) is 96.0 cm³/mol. The van der Waals surface area contributed by atoms with Crippen molar-refractivity contribution >= 4 is 5.91 Å². The Morgan fingerprint density at radius 1 is 1.30 bits per heavy atom. The summed E-state index contributed by atoms with van der Waals surface area (Å²) in [6, 6.07) is 1.09. The Labute approximate surface area is 158 Å². The summed E-state index contributed by atoms with van der Waals surface area (Å²) in [5.41, 5.74) is 0.454. The number of pyridine rings is 1. The first-order valence-corrected chi connectivity index (χ1v) is 9.57. The van der Waals surface area contributed by atoms with Crippen LogP contribution in [0.25, 0.3) is 0 Å². The minimum Gasteiger partial charge on any atom is -0.481 e. The number of nitrogens with zero attached hydrogens (tertiary/aromatic N) is 1. The number of ether oxygens (including phenoxy) is 2. The van der Waals surface area contributed by atoms with Crippen molar-refractivity contribution in [2.45, 2.75) is 57.2 Å². The van der Waals surface area contributed by atoms with Crippen LogP contribution in [0.2, 0.25) is 0 Å². The molecule has 1 atom stereocenters. The van der Waals surface area contributed by atoms with E-state index in [1.165, 1.54) is 13.2 Å². The zero-order valence-corrected chi connectivity index (χ0v) is 15.6. The third-order valence-corrected chi connectivity index (χ3v) is 5.30. The van der Waals surface area contributed by atoms with E-state index >= 15 is 0 Å². The molecule has 1 amide bonds. The van der Waals surface area contributed by atoms with E-state index < -0.39 is 5.82 Å². The van der Waals surface area contributed by atoms with E-state index in [-0.39, 0.29) is 49.0 Å². The van der Waals surface area contributed by atoms with E-state index in [1.807, 2.05) is 0 Å². The Kier molecular flexibility index (Phi) is 6.82. The first-order chi connectivity index (χ1) is 13.1. The fraction of sp³-hybridized carbons (Fsp3) is 0.684. The van der Waals surface area contributed by atoms with Crippen molar-refractivity contribution in [2.24, 2.45) is 5.92 Å². The molecule has 2 aliphatic rings. The highest BCUT2D eigenvalue weighted by Gasteiger charge is 2.25. The molecule has 0 radical (unpaired) electrons. The van der Waals surface area contributed by atoms with Crippen molar-refractivity contribution < 1.29 is 23.0 Å². The van der Waals surface area contributed by atoms with Gasteiger partial charge >= 0.3 is 0 Å². The molecule has 6 nitrogen and oxygen atoms in total. The van der Waals surface area contributed by atoms with Crippen LogP contribution in [0.5, 0.6) is 11.8 Å². The molecule has 0 aromatic carbocycles. The van der Waals surface area contributed by atoms with Crippen molar-refractivity contribution in [2.75, 3.05) is 20.3 Å². The molecule has 2 N–H and O–H groups in total. The van der Waals surface area contributed by atoms with Gasteiger partial charge < -0.3 is 20.1 Å². The molecule has 8 heteroatoms. The summed E-state index contributed by atoms with van der Waals surface area (Å²) in [7, 11) is 1.44. The lowest BCUT2D eigenvalue weighted by molar-refractivity contribution is -0.122. The van der Waals surface area contributed by atoms with E-state index in [2.05, 4.69) is 15.6 Å². The molecule has 3 rings (SSSR count). The third-order valence-electron chi connectivity index (χ3n) is 5.30. The Bertz CT molecular complexity index is 645. The second-order valence-corrected chi connectivity index (χ2v) is 7.23. The van der Waals surface area contributed by atoms with Crippen LogP contribution < -0.4 is 20.1 Å². The summed E-state index contributed by atoms with van der Waals surface area (Å²) in [5.74, 6) is -0.504. The summed E-state index contributed by atoms with van der Waals surface area (Å²) in [5, 5.41) is 5.91. The first kappa shape index (κ1) is 19.8. The number of nitrogens with one attached hydrogen (secondary N) is 2. The molecule has 27 heavy (non-hydrogen) atoms. The van der Waals surface area contributed by atoms with Crippen LogP contribution in [-0.2, 0) is 11.3 Å². The lowest BCUT2D eigenvalue weighted by atomic mass is 9.88. The molecule has 2 fully saturated rings. The molecule has 0 bridgehead atoms. The van der Waals surface area contributed by atoms with Crippen LogP contribution in [0.3, 0.4) is 0 Å². The van der Waals surface area contributed by atoms with Gasteiger partial charge in [-0.2, -0.15) is 4.98 Å². The lowest BCUT2D eigenvalue weighted by Crippen LogP contribution is -2.40. The monoisotopic (exact) mass is 383 g/mol. The van der Waals surface area contributed by atoms with Crippen molar-refractivity contribution in [3.05, 3.63) is 17.4 Å². The quantitative estimate of drug-likeness (QED) is 0.757. The summed E-state index contributed by atoms with van der Waals surface area (Å²) in [4.78, 5) is 16.2. The van der Waals surface area contributed by atoms with Crippen LogP contribution in [0.4, 0.5) is 8.78 Å². The molecule has 2 heterocycles. The van der Waals surface area contributed by atoms with Gasteiger partial charge in [-0.3, -0.25) is 9.18 Å². The number of hydrogen-bond donors (Lipinski definition) is 2. The van der Waals surface area contributed by atoms with Gasteiger partial charge in [-0.25, -0.2) is 4.39 Å². The SMILES string of the molecule is COc1nc(OC2CCC(CF)CC2)c(F)cc1CNC(=O)C1CCCN1. The maximum absolute atomic E-state index is 14.5. The van der Waals surface area contributed by atoms with Gasteiger partial charge in [0, 0.05) is 12.1 Å². The van der Waals surface area contributed by atoms with Gasteiger partial charge in [0.15, 0.2) is 5.82 Å². The van der Waals surface area contributed by atoms with Crippen LogP contribution >= 0.6 is 0 Å². The molecule has 1 aliphatic heterocycles. The fourth-order valence-electron chi connectivity index (χ4n) is 3.66. The number of carbonyl (C=O) groups excluding carboxylic acids is 1. The Hall–Kier alpha value is -1.96. The molecule has 1 saturated carbocycles. The number of hydrogen-bond acceptors (Lipinski definition) is 5. The number of aromatic nitrogens is 1. The average molecular weight is 383 g/mol. The highest BCUT2D eigenvalue weighted by molar-refractivity contribution is 5.82. The lowest BCUT2D eigenvalue weighted by Gasteiger charge is -2.27. The first-order valence-electron chi connectivity index (χ1n) is 9.57. The normalized spacial score (nSPS) is 25.2. The Morgan fingerprint density at radius 3 is 2.70 bits per heavy atom. The largest absolute Gasteiger partial charge is 0.481 e. The zero-order valence-electron chi connectivity index (χ0n) is 15.6. The van der Waals surface area contributed by atoms with Crippen molar-refractivity contribution in [3.63, 3.8) is 0 Å². The Balaban J connectivity index is 1.61. The topological polar surface area (TPSA) is 72.5 Å². The highest BCUT2D eigenvalue weighted by Crippen LogP contribution is 2.30. The van der Waals surface area contributed by atoms with Gasteiger partial charge in [-0.05, 0) is 57.1 Å². The molecule has 1 aromatic rings. The van der Waals surface area contributed by atoms with Gasteiger partial charge in [0.25, 0.3) is 5.88 Å². The van der Waals surface area contributed by atoms with Crippen molar-refractivity contribution in [1.82, 2.24) is 15.6 Å². The summed E-state index contributed by atoms with van der Waals surface area (Å²) < 4.78 is 38.1. The van der Waals surface area contributed by atoms with Crippen molar-refractivity contribution in [1.29, 1.82) is 0 Å². The molecule has 1 saturated heterocycles. The third kappa shape index (κ3) is 5.06. The molecule has 0 spiro atoms. The van der Waals surface area contributed by atoms with Gasteiger partial charge in [0.2, 0.25) is 11.8 Å². The number of carbonyl (C=O) groups is 1. The van der Waals surface area contributed by atoms with Crippen LogP contribution in [-0.4, -0.2) is 43.4 Å². The second-order valence-electron chi connectivity index (χ2n) is 7.23. The number of amides is 1. The van der Waals surface area contributed by atoms with Gasteiger partial charge in [-0.1, -0.05) is 0 Å². The molecule has 1 aliphatic carbocycles. The number of rotatable bonds is 7. The summed E-state index contributed by atoms with van der Waals surface area (Å²) in [6.45, 7) is 0.646. The number of alkyl halides is 1. The van der Waals surface area contributed by atoms with E-state index in [4.69, 9.17) is 9.47 Å². The Morgan fingerprint density at radius 2 is 2.07 bits per heavy atom. The van der Waals surface area contributed by atoms with Crippen molar-refractivity contribution in [3.8, 4) is 11.8 Å². The van der Waals surface area contributed by atoms with Gasteiger partial charge in [0.1, 0.15) is 6.10 Å². The van der Waals surface area contributed by atoms with E-state index in [0.29, 0.717) is 18.4 Å². The minimum absolute atomic E-state index is 0.0811. The van der Waals surface area contributed by atoms with Gasteiger partial charge in [0.05, 0.1) is 19.8 Å². The fourth-order valence-corrected chi connectivity index (χ4v) is 3.66. The number of halogens is 2. The van der Waals surface area contributed by atoms with E-state index in [9.17, 15) is 13.6 Å². The summed E-state index contributed by atoms with van der Waals surface area (Å²) >= 11 is 0. The van der Waals surface area contributed by atoms with Crippen LogP contribution in [0, 0.1) is 11.7 Å². The molecule has 1 unspecified atom stereocenters. The number of methoxy groups -OCH3 is 1.